The van der Waals surface area contributed by atoms with E-state index in [-0.39, 0.29) is 11.9 Å². The number of aromatic nitrogens is 2. The maximum absolute atomic E-state index is 12.4. The number of rotatable bonds is 5. The minimum atomic E-state index is 0.132. The SMILES string of the molecule is CC(C)CC(=O)N1CCN(c2cc(Oc3ccccc3Cl)ncn2)CC1C. The molecule has 1 saturated heterocycles. The van der Waals surface area contributed by atoms with Crippen molar-refractivity contribution in [3.63, 3.8) is 0 Å². The lowest BCUT2D eigenvalue weighted by Gasteiger charge is -2.40. The summed E-state index contributed by atoms with van der Waals surface area (Å²) in [7, 11) is 0. The zero-order valence-corrected chi connectivity index (χ0v) is 16.7. The molecule has 0 radical (unpaired) electrons. The molecule has 0 saturated carbocycles. The van der Waals surface area contributed by atoms with Crippen LogP contribution in [0.15, 0.2) is 36.7 Å². The van der Waals surface area contributed by atoms with Gasteiger partial charge in [0.1, 0.15) is 17.9 Å². The molecule has 3 rings (SSSR count). The molecule has 2 aromatic rings. The fraction of sp³-hybridized carbons (Fsp3) is 0.450. The van der Waals surface area contributed by atoms with Crippen LogP contribution in [0, 0.1) is 5.92 Å². The van der Waals surface area contributed by atoms with E-state index in [9.17, 15) is 4.79 Å². The number of carbonyl (C=O) groups is 1. The van der Waals surface area contributed by atoms with Crippen LogP contribution >= 0.6 is 11.6 Å². The highest BCUT2D eigenvalue weighted by molar-refractivity contribution is 6.32. The summed E-state index contributed by atoms with van der Waals surface area (Å²) in [5.74, 6) is 2.38. The summed E-state index contributed by atoms with van der Waals surface area (Å²) in [5.41, 5.74) is 0. The molecule has 0 aliphatic carbocycles. The van der Waals surface area contributed by atoms with E-state index < -0.39 is 0 Å². The van der Waals surface area contributed by atoms with Gasteiger partial charge in [0.2, 0.25) is 11.8 Å². The van der Waals surface area contributed by atoms with Gasteiger partial charge >= 0.3 is 0 Å². The van der Waals surface area contributed by atoms with E-state index in [1.165, 1.54) is 6.33 Å². The highest BCUT2D eigenvalue weighted by Gasteiger charge is 2.28. The molecule has 2 heterocycles. The second-order valence-electron chi connectivity index (χ2n) is 7.23. The number of halogens is 1. The molecule has 6 nitrogen and oxygen atoms in total. The van der Waals surface area contributed by atoms with Gasteiger partial charge in [0.05, 0.1) is 5.02 Å². The molecule has 1 aliphatic heterocycles. The van der Waals surface area contributed by atoms with Crippen LogP contribution in [-0.2, 0) is 4.79 Å². The van der Waals surface area contributed by atoms with Crippen LogP contribution < -0.4 is 9.64 Å². The Kier molecular flexibility index (Phi) is 6.16. The number of carbonyl (C=O) groups excluding carboxylic acids is 1. The molecule has 0 bridgehead atoms. The Morgan fingerprint density at radius 3 is 2.78 bits per heavy atom. The fourth-order valence-corrected chi connectivity index (χ4v) is 3.38. The van der Waals surface area contributed by atoms with Gasteiger partial charge in [-0.2, -0.15) is 0 Å². The summed E-state index contributed by atoms with van der Waals surface area (Å²) in [4.78, 5) is 25.1. The Balaban J connectivity index is 1.68. The summed E-state index contributed by atoms with van der Waals surface area (Å²) in [6, 6.07) is 9.22. The first-order valence-electron chi connectivity index (χ1n) is 9.23. The van der Waals surface area contributed by atoms with Crippen LogP contribution in [0.1, 0.15) is 27.2 Å². The summed E-state index contributed by atoms with van der Waals surface area (Å²) in [6.07, 6.45) is 2.08. The van der Waals surface area contributed by atoms with Crippen molar-refractivity contribution in [2.75, 3.05) is 24.5 Å². The van der Waals surface area contributed by atoms with Gasteiger partial charge in [0, 0.05) is 38.2 Å². The minimum absolute atomic E-state index is 0.132. The van der Waals surface area contributed by atoms with Crippen LogP contribution in [0.2, 0.25) is 5.02 Å². The van der Waals surface area contributed by atoms with E-state index in [1.54, 1.807) is 12.1 Å². The average Bonchev–Trinajstić information content (AvgIpc) is 2.63. The van der Waals surface area contributed by atoms with E-state index in [4.69, 9.17) is 16.3 Å². The normalized spacial score (nSPS) is 17.3. The molecule has 1 unspecified atom stereocenters. The van der Waals surface area contributed by atoms with Gasteiger partial charge in [-0.05, 0) is 25.0 Å². The van der Waals surface area contributed by atoms with Gasteiger partial charge < -0.3 is 14.5 Å². The number of piperazine rings is 1. The van der Waals surface area contributed by atoms with Gasteiger partial charge in [-0.25, -0.2) is 9.97 Å². The van der Waals surface area contributed by atoms with E-state index >= 15 is 0 Å². The molecule has 1 amide bonds. The van der Waals surface area contributed by atoms with Crippen LogP contribution in [0.3, 0.4) is 0 Å². The van der Waals surface area contributed by atoms with E-state index in [1.807, 2.05) is 23.1 Å². The van der Waals surface area contributed by atoms with Gasteiger partial charge in [-0.3, -0.25) is 4.79 Å². The lowest BCUT2D eigenvalue weighted by atomic mass is 10.1. The molecule has 27 heavy (non-hydrogen) atoms. The molecule has 1 atom stereocenters. The number of anilines is 1. The first kappa shape index (κ1) is 19.4. The Morgan fingerprint density at radius 2 is 2.07 bits per heavy atom. The average molecular weight is 389 g/mol. The smallest absolute Gasteiger partial charge is 0.224 e. The standard InChI is InChI=1S/C20H25ClN4O2/c1-14(2)10-20(26)25-9-8-24(12-15(25)3)18-11-19(23-13-22-18)27-17-7-5-4-6-16(17)21/h4-7,11,13-15H,8-10,12H2,1-3H3. The molecular weight excluding hydrogens is 364 g/mol. The third-order valence-corrected chi connectivity index (χ3v) is 4.85. The van der Waals surface area contributed by atoms with E-state index in [0.29, 0.717) is 35.5 Å². The Bertz CT molecular complexity index is 799. The number of hydrogen-bond donors (Lipinski definition) is 0. The van der Waals surface area contributed by atoms with Crippen molar-refractivity contribution in [3.8, 4) is 11.6 Å². The van der Waals surface area contributed by atoms with Crippen LogP contribution in [-0.4, -0.2) is 46.5 Å². The van der Waals surface area contributed by atoms with E-state index in [0.717, 1.165) is 18.9 Å². The number of benzene rings is 1. The van der Waals surface area contributed by atoms with Crippen molar-refractivity contribution in [2.45, 2.75) is 33.2 Å². The summed E-state index contributed by atoms with van der Waals surface area (Å²) < 4.78 is 5.80. The molecule has 1 aliphatic rings. The van der Waals surface area contributed by atoms with Crippen LogP contribution in [0.4, 0.5) is 5.82 Å². The fourth-order valence-electron chi connectivity index (χ4n) is 3.20. The highest BCUT2D eigenvalue weighted by Crippen LogP contribution is 2.29. The summed E-state index contributed by atoms with van der Waals surface area (Å²) in [5, 5.41) is 0.531. The maximum atomic E-state index is 12.4. The second kappa shape index (κ2) is 8.57. The monoisotopic (exact) mass is 388 g/mol. The van der Waals surface area contributed by atoms with Gasteiger partial charge in [-0.1, -0.05) is 37.6 Å². The first-order chi connectivity index (χ1) is 12.9. The summed E-state index contributed by atoms with van der Waals surface area (Å²) in [6.45, 7) is 8.37. The van der Waals surface area contributed by atoms with Crippen molar-refractivity contribution >= 4 is 23.3 Å². The molecule has 1 fully saturated rings. The second-order valence-corrected chi connectivity index (χ2v) is 7.63. The number of nitrogens with zero attached hydrogens (tertiary/aromatic N) is 4. The molecule has 0 N–H and O–H groups in total. The zero-order valence-electron chi connectivity index (χ0n) is 15.9. The summed E-state index contributed by atoms with van der Waals surface area (Å²) >= 11 is 6.15. The van der Waals surface area contributed by atoms with E-state index in [2.05, 4.69) is 35.6 Å². The molecule has 7 heteroatoms. The Morgan fingerprint density at radius 1 is 1.30 bits per heavy atom. The Hall–Kier alpha value is -2.34. The first-order valence-corrected chi connectivity index (χ1v) is 9.60. The van der Waals surface area contributed by atoms with Crippen molar-refractivity contribution in [1.82, 2.24) is 14.9 Å². The van der Waals surface area contributed by atoms with Gasteiger partial charge in [-0.15, -0.1) is 0 Å². The Labute approximate surface area is 165 Å². The zero-order chi connectivity index (χ0) is 19.4. The van der Waals surface area contributed by atoms with Gasteiger partial charge in [0.15, 0.2) is 0 Å². The number of para-hydroxylation sites is 1. The quantitative estimate of drug-likeness (QED) is 0.774. The lowest BCUT2D eigenvalue weighted by Crippen LogP contribution is -2.54. The number of amides is 1. The minimum Gasteiger partial charge on any atom is -0.437 e. The third-order valence-electron chi connectivity index (χ3n) is 4.53. The topological polar surface area (TPSA) is 58.6 Å². The van der Waals surface area contributed by atoms with Gasteiger partial charge in [0.25, 0.3) is 0 Å². The highest BCUT2D eigenvalue weighted by atomic mass is 35.5. The van der Waals surface area contributed by atoms with Crippen molar-refractivity contribution < 1.29 is 9.53 Å². The third kappa shape index (κ3) is 4.89. The van der Waals surface area contributed by atoms with Crippen LogP contribution in [0.5, 0.6) is 11.6 Å². The largest absolute Gasteiger partial charge is 0.437 e. The van der Waals surface area contributed by atoms with Crippen molar-refractivity contribution in [3.05, 3.63) is 41.7 Å². The number of ether oxygens (including phenoxy) is 1. The predicted octanol–water partition coefficient (Wildman–Crippen LogP) is 4.01. The molecule has 1 aromatic carbocycles. The number of hydrogen-bond acceptors (Lipinski definition) is 5. The van der Waals surface area contributed by atoms with Crippen molar-refractivity contribution in [2.24, 2.45) is 5.92 Å². The van der Waals surface area contributed by atoms with Crippen molar-refractivity contribution in [1.29, 1.82) is 0 Å². The lowest BCUT2D eigenvalue weighted by molar-refractivity contribution is -0.134. The molecular formula is C20H25ClN4O2. The molecule has 144 valence electrons. The molecule has 1 aromatic heterocycles. The van der Waals surface area contributed by atoms with Crippen LogP contribution in [0.25, 0.3) is 0 Å². The molecule has 0 spiro atoms. The maximum Gasteiger partial charge on any atom is 0.224 e. The predicted molar refractivity (Wildman–Crippen MR) is 106 cm³/mol.